The van der Waals surface area contributed by atoms with Crippen molar-refractivity contribution < 1.29 is 9.21 Å². The number of anilines is 1. The summed E-state index contributed by atoms with van der Waals surface area (Å²) in [5.74, 6) is 0.718. The molecule has 6 nitrogen and oxygen atoms in total. The Morgan fingerprint density at radius 2 is 2.35 bits per heavy atom. The summed E-state index contributed by atoms with van der Waals surface area (Å²) in [4.78, 5) is 14.0. The second-order valence-corrected chi connectivity index (χ2v) is 5.28. The number of nitriles is 1. The van der Waals surface area contributed by atoms with E-state index in [1.807, 2.05) is 4.90 Å². The summed E-state index contributed by atoms with van der Waals surface area (Å²) < 4.78 is 5.42. The van der Waals surface area contributed by atoms with Crippen LogP contribution in [0.5, 0.6) is 0 Å². The first kappa shape index (κ1) is 14.6. The summed E-state index contributed by atoms with van der Waals surface area (Å²) >= 11 is 0. The summed E-state index contributed by atoms with van der Waals surface area (Å²) in [6.45, 7) is 5.46. The molecule has 1 fully saturated rings. The lowest BCUT2D eigenvalue weighted by Crippen LogP contribution is -2.45. The molecule has 6 heteroatoms. The maximum absolute atomic E-state index is 12.0. The molecule has 108 valence electrons. The van der Waals surface area contributed by atoms with Crippen LogP contribution >= 0.6 is 0 Å². The van der Waals surface area contributed by atoms with Gasteiger partial charge in [-0.1, -0.05) is 0 Å². The van der Waals surface area contributed by atoms with E-state index < -0.39 is 0 Å². The van der Waals surface area contributed by atoms with Crippen molar-refractivity contribution in [3.05, 3.63) is 16.9 Å². The van der Waals surface area contributed by atoms with Crippen LogP contribution in [0.1, 0.15) is 29.7 Å². The van der Waals surface area contributed by atoms with Gasteiger partial charge >= 0.3 is 0 Å². The lowest BCUT2D eigenvalue weighted by atomic mass is 10.1. The molecule has 0 saturated carbocycles. The lowest BCUT2D eigenvalue weighted by Gasteiger charge is -2.29. The van der Waals surface area contributed by atoms with Gasteiger partial charge in [0.1, 0.15) is 17.4 Å². The van der Waals surface area contributed by atoms with Gasteiger partial charge < -0.3 is 10.2 Å². The molecular weight excluding hydrogens is 256 g/mol. The number of hydrogen-bond acceptors (Lipinski definition) is 5. The summed E-state index contributed by atoms with van der Waals surface area (Å²) in [6.07, 6.45) is 2.02. The van der Waals surface area contributed by atoms with E-state index in [1.54, 1.807) is 13.8 Å². The second kappa shape index (κ2) is 6.07. The first-order valence-corrected chi connectivity index (χ1v) is 6.79. The molecule has 0 bridgehead atoms. The lowest BCUT2D eigenvalue weighted by molar-refractivity contribution is -0.117. The first-order chi connectivity index (χ1) is 9.51. The zero-order chi connectivity index (χ0) is 14.7. The number of nitrogens with zero attached hydrogens (tertiary/aromatic N) is 2. The number of carbonyl (C=O) groups excluding carboxylic acids is 1. The molecule has 0 aromatic carbocycles. The van der Waals surface area contributed by atoms with Crippen molar-refractivity contribution in [3.8, 4) is 6.07 Å². The maximum atomic E-state index is 12.0. The fourth-order valence-corrected chi connectivity index (χ4v) is 2.45. The molecule has 3 N–H and O–H groups in total. The number of carbonyl (C=O) groups is 1. The van der Waals surface area contributed by atoms with Gasteiger partial charge in [-0.2, -0.15) is 5.26 Å². The number of rotatable bonds is 3. The quantitative estimate of drug-likeness (QED) is 0.862. The monoisotopic (exact) mass is 276 g/mol. The highest BCUT2D eigenvalue weighted by atomic mass is 16.4. The van der Waals surface area contributed by atoms with Crippen molar-refractivity contribution in [3.63, 3.8) is 0 Å². The van der Waals surface area contributed by atoms with Gasteiger partial charge in [-0.25, -0.2) is 0 Å². The number of piperidine rings is 1. The Morgan fingerprint density at radius 3 is 3.00 bits per heavy atom. The molecule has 1 aromatic heterocycles. The van der Waals surface area contributed by atoms with Gasteiger partial charge in [0.25, 0.3) is 0 Å². The Bertz CT molecular complexity index is 544. The topological polar surface area (TPSA) is 95.3 Å². The van der Waals surface area contributed by atoms with Gasteiger partial charge in [0, 0.05) is 18.2 Å². The predicted octanol–water partition coefficient (Wildman–Crippen LogP) is 1.13. The number of hydrogen-bond donors (Lipinski definition) is 2. The van der Waals surface area contributed by atoms with E-state index in [4.69, 9.17) is 15.4 Å². The Labute approximate surface area is 118 Å². The van der Waals surface area contributed by atoms with Crippen molar-refractivity contribution in [2.75, 3.05) is 25.0 Å². The van der Waals surface area contributed by atoms with E-state index in [2.05, 4.69) is 11.4 Å². The molecule has 0 aliphatic carbocycles. The van der Waals surface area contributed by atoms with Crippen LogP contribution in [0.4, 0.5) is 5.88 Å². The zero-order valence-electron chi connectivity index (χ0n) is 11.9. The van der Waals surface area contributed by atoms with Crippen LogP contribution in [0, 0.1) is 25.2 Å². The number of aryl methyl sites for hydroxylation is 1. The van der Waals surface area contributed by atoms with Crippen molar-refractivity contribution in [1.29, 1.82) is 5.26 Å². The van der Waals surface area contributed by atoms with Crippen LogP contribution in [-0.2, 0) is 4.79 Å². The van der Waals surface area contributed by atoms with E-state index in [0.717, 1.165) is 31.5 Å². The van der Waals surface area contributed by atoms with E-state index in [9.17, 15) is 4.79 Å². The minimum Gasteiger partial charge on any atom is -0.444 e. The molecule has 1 aromatic rings. The molecule has 0 radical (unpaired) electrons. The van der Waals surface area contributed by atoms with E-state index >= 15 is 0 Å². The SMILES string of the molecule is Cc1oc(NC(=O)CN2CCC[C@@H](N)C2)c(C#N)c1C. The third-order valence-corrected chi connectivity index (χ3v) is 3.66. The predicted molar refractivity (Wildman–Crippen MR) is 75.2 cm³/mol. The molecule has 2 rings (SSSR count). The highest BCUT2D eigenvalue weighted by Gasteiger charge is 2.21. The smallest absolute Gasteiger partial charge is 0.240 e. The number of likely N-dealkylation sites (tertiary alicyclic amines) is 1. The Morgan fingerprint density at radius 1 is 1.60 bits per heavy atom. The molecule has 20 heavy (non-hydrogen) atoms. The zero-order valence-corrected chi connectivity index (χ0v) is 11.9. The average molecular weight is 276 g/mol. The van der Waals surface area contributed by atoms with Crippen molar-refractivity contribution >= 4 is 11.8 Å². The van der Waals surface area contributed by atoms with Gasteiger partial charge in [-0.3, -0.25) is 15.0 Å². The highest BCUT2D eigenvalue weighted by Crippen LogP contribution is 2.25. The largest absolute Gasteiger partial charge is 0.444 e. The normalized spacial score (nSPS) is 19.6. The van der Waals surface area contributed by atoms with Gasteiger partial charge in [-0.15, -0.1) is 0 Å². The fourth-order valence-electron chi connectivity index (χ4n) is 2.45. The molecule has 1 aliphatic heterocycles. The van der Waals surface area contributed by atoms with Gasteiger partial charge in [0.15, 0.2) is 0 Å². The molecule has 1 saturated heterocycles. The Balaban J connectivity index is 1.98. The van der Waals surface area contributed by atoms with E-state index in [1.165, 1.54) is 0 Å². The number of amides is 1. The second-order valence-electron chi connectivity index (χ2n) is 5.28. The molecule has 1 aliphatic rings. The summed E-state index contributed by atoms with van der Waals surface area (Å²) in [5, 5.41) is 11.8. The van der Waals surface area contributed by atoms with Crippen LogP contribution in [0.25, 0.3) is 0 Å². The van der Waals surface area contributed by atoms with Crippen molar-refractivity contribution in [2.45, 2.75) is 32.7 Å². The maximum Gasteiger partial charge on any atom is 0.240 e. The summed E-state index contributed by atoms with van der Waals surface area (Å²) in [7, 11) is 0. The summed E-state index contributed by atoms with van der Waals surface area (Å²) in [5.41, 5.74) is 7.05. The Kier molecular flexibility index (Phi) is 4.42. The van der Waals surface area contributed by atoms with Crippen molar-refractivity contribution in [2.24, 2.45) is 5.73 Å². The fraction of sp³-hybridized carbons (Fsp3) is 0.571. The van der Waals surface area contributed by atoms with E-state index in [-0.39, 0.29) is 24.4 Å². The standard InChI is InChI=1S/C14H20N4O2/c1-9-10(2)20-14(12(9)6-15)17-13(19)8-18-5-3-4-11(16)7-18/h11H,3-5,7-8,16H2,1-2H3,(H,17,19)/t11-/m1/s1. The third-order valence-electron chi connectivity index (χ3n) is 3.66. The van der Waals surface area contributed by atoms with Crippen LogP contribution in [-0.4, -0.2) is 36.5 Å². The van der Waals surface area contributed by atoms with Crippen LogP contribution in [0.2, 0.25) is 0 Å². The summed E-state index contributed by atoms with van der Waals surface area (Å²) in [6, 6.07) is 2.20. The van der Waals surface area contributed by atoms with Gasteiger partial charge in [-0.05, 0) is 33.2 Å². The van der Waals surface area contributed by atoms with Crippen LogP contribution < -0.4 is 11.1 Å². The Hall–Kier alpha value is -1.84. The minimum absolute atomic E-state index is 0.138. The number of furan rings is 1. The first-order valence-electron chi connectivity index (χ1n) is 6.79. The molecule has 1 amide bonds. The van der Waals surface area contributed by atoms with E-state index in [0.29, 0.717) is 11.3 Å². The average Bonchev–Trinajstić information content (AvgIpc) is 2.64. The molecule has 0 unspecified atom stereocenters. The van der Waals surface area contributed by atoms with Crippen LogP contribution in [0.15, 0.2) is 4.42 Å². The molecule has 1 atom stereocenters. The number of nitrogens with two attached hydrogens (primary N) is 1. The van der Waals surface area contributed by atoms with Gasteiger partial charge in [0.2, 0.25) is 11.8 Å². The van der Waals surface area contributed by atoms with Crippen molar-refractivity contribution in [1.82, 2.24) is 4.90 Å². The molecular formula is C14H20N4O2. The number of nitrogens with one attached hydrogen (secondary N) is 1. The van der Waals surface area contributed by atoms with Crippen LogP contribution in [0.3, 0.4) is 0 Å². The third kappa shape index (κ3) is 3.18. The highest BCUT2D eigenvalue weighted by molar-refractivity contribution is 5.92. The molecule has 0 spiro atoms. The minimum atomic E-state index is -0.177. The molecule has 2 heterocycles. The van der Waals surface area contributed by atoms with Gasteiger partial charge in [0.05, 0.1) is 6.54 Å².